The summed E-state index contributed by atoms with van der Waals surface area (Å²) in [5.74, 6) is -0.393. The number of nitrogens with one attached hydrogen (secondary N) is 2. The molecule has 0 bridgehead atoms. The van der Waals surface area contributed by atoms with Gasteiger partial charge in [-0.15, -0.1) is 0 Å². The van der Waals surface area contributed by atoms with Crippen LogP contribution in [0.4, 0.5) is 0 Å². The van der Waals surface area contributed by atoms with Crippen LogP contribution in [0.1, 0.15) is 65.5 Å². The van der Waals surface area contributed by atoms with E-state index in [1.54, 1.807) is 0 Å². The molecular weight excluding hydrogens is 452 g/mol. The Kier molecular flexibility index (Phi) is 9.09. The molecule has 6 heteroatoms. The van der Waals surface area contributed by atoms with Gasteiger partial charge in [-0.25, -0.2) is 0 Å². The number of hydrogen-bond donors (Lipinski definition) is 2. The van der Waals surface area contributed by atoms with Gasteiger partial charge in [0.15, 0.2) is 0 Å². The Hall–Kier alpha value is -2.96. The van der Waals surface area contributed by atoms with Gasteiger partial charge in [-0.3, -0.25) is 9.59 Å². The van der Waals surface area contributed by atoms with Gasteiger partial charge in [0.1, 0.15) is 11.2 Å². The van der Waals surface area contributed by atoms with E-state index >= 15 is 0 Å². The van der Waals surface area contributed by atoms with Crippen molar-refractivity contribution in [2.45, 2.75) is 78.7 Å². The zero-order chi connectivity index (χ0) is 26.3. The van der Waals surface area contributed by atoms with E-state index in [9.17, 15) is 9.59 Å². The van der Waals surface area contributed by atoms with E-state index in [-0.39, 0.29) is 11.9 Å². The monoisotopic (exact) mass is 492 g/mol. The SMILES string of the molecule is CC(C)(C)OC(=O)CCNCc1c2ccccc2c(CNCCC(=O)OC(C)(C)C)c2ccccc12. The first-order valence-corrected chi connectivity index (χ1v) is 12.7. The van der Waals surface area contributed by atoms with E-state index in [1.165, 1.54) is 32.7 Å². The summed E-state index contributed by atoms with van der Waals surface area (Å²) in [5, 5.41) is 11.6. The van der Waals surface area contributed by atoms with Crippen LogP contribution in [0.25, 0.3) is 21.5 Å². The molecule has 6 nitrogen and oxygen atoms in total. The molecule has 2 N–H and O–H groups in total. The summed E-state index contributed by atoms with van der Waals surface area (Å²) in [6, 6.07) is 16.8. The van der Waals surface area contributed by atoms with Crippen LogP contribution >= 0.6 is 0 Å². The molecular formula is C30H40N2O4. The molecule has 36 heavy (non-hydrogen) atoms. The van der Waals surface area contributed by atoms with E-state index in [1.807, 2.05) is 41.5 Å². The highest BCUT2D eigenvalue weighted by Crippen LogP contribution is 2.33. The Balaban J connectivity index is 1.75. The smallest absolute Gasteiger partial charge is 0.307 e. The largest absolute Gasteiger partial charge is 0.460 e. The van der Waals surface area contributed by atoms with Crippen LogP contribution in [-0.2, 0) is 32.2 Å². The number of hydrogen-bond acceptors (Lipinski definition) is 6. The molecule has 3 rings (SSSR count). The second kappa shape index (κ2) is 11.8. The zero-order valence-electron chi connectivity index (χ0n) is 22.5. The van der Waals surface area contributed by atoms with Crippen molar-refractivity contribution in [2.24, 2.45) is 0 Å². The summed E-state index contributed by atoms with van der Waals surface area (Å²) >= 11 is 0. The molecule has 0 amide bonds. The second-order valence-corrected chi connectivity index (χ2v) is 11.1. The van der Waals surface area contributed by atoms with Gasteiger partial charge < -0.3 is 20.1 Å². The first-order chi connectivity index (χ1) is 16.9. The van der Waals surface area contributed by atoms with Crippen molar-refractivity contribution < 1.29 is 19.1 Å². The minimum atomic E-state index is -0.472. The van der Waals surface area contributed by atoms with Crippen molar-refractivity contribution in [3.05, 3.63) is 59.7 Å². The fourth-order valence-electron chi connectivity index (χ4n) is 4.28. The Morgan fingerprint density at radius 1 is 0.611 bits per heavy atom. The predicted molar refractivity (Wildman–Crippen MR) is 146 cm³/mol. The van der Waals surface area contributed by atoms with E-state index in [2.05, 4.69) is 59.2 Å². The number of ether oxygens (including phenoxy) is 2. The van der Waals surface area contributed by atoms with E-state index in [0.29, 0.717) is 39.0 Å². The van der Waals surface area contributed by atoms with Crippen molar-refractivity contribution >= 4 is 33.5 Å². The second-order valence-electron chi connectivity index (χ2n) is 11.1. The molecule has 0 radical (unpaired) electrons. The molecule has 194 valence electrons. The Morgan fingerprint density at radius 2 is 0.917 bits per heavy atom. The van der Waals surface area contributed by atoms with Gasteiger partial charge >= 0.3 is 11.9 Å². The van der Waals surface area contributed by atoms with Gasteiger partial charge in [0.2, 0.25) is 0 Å². The molecule has 0 fully saturated rings. The van der Waals surface area contributed by atoms with Crippen LogP contribution < -0.4 is 10.6 Å². The number of esters is 2. The maximum Gasteiger partial charge on any atom is 0.307 e. The summed E-state index contributed by atoms with van der Waals surface area (Å²) in [7, 11) is 0. The van der Waals surface area contributed by atoms with Gasteiger partial charge in [-0.2, -0.15) is 0 Å². The quantitative estimate of drug-likeness (QED) is 0.217. The van der Waals surface area contributed by atoms with Crippen molar-refractivity contribution in [3.8, 4) is 0 Å². The number of rotatable bonds is 10. The summed E-state index contributed by atoms with van der Waals surface area (Å²) in [6.45, 7) is 13.7. The van der Waals surface area contributed by atoms with E-state index in [0.717, 1.165) is 0 Å². The lowest BCUT2D eigenvalue weighted by Gasteiger charge is -2.20. The van der Waals surface area contributed by atoms with Gasteiger partial charge in [0.25, 0.3) is 0 Å². The molecule has 0 aliphatic rings. The van der Waals surface area contributed by atoms with Crippen LogP contribution in [-0.4, -0.2) is 36.2 Å². The fraction of sp³-hybridized carbons (Fsp3) is 0.467. The number of carbonyl (C=O) groups excluding carboxylic acids is 2. The van der Waals surface area contributed by atoms with Crippen LogP contribution in [0.2, 0.25) is 0 Å². The van der Waals surface area contributed by atoms with Crippen LogP contribution in [0.3, 0.4) is 0 Å². The first kappa shape index (κ1) is 27.6. The van der Waals surface area contributed by atoms with Crippen molar-refractivity contribution in [1.29, 1.82) is 0 Å². The predicted octanol–water partition coefficient (Wildman–Crippen LogP) is 5.64. The molecule has 0 unspecified atom stereocenters. The molecule has 0 saturated carbocycles. The van der Waals surface area contributed by atoms with Crippen molar-refractivity contribution in [2.75, 3.05) is 13.1 Å². The minimum absolute atomic E-state index is 0.197. The van der Waals surface area contributed by atoms with E-state index < -0.39 is 11.2 Å². The standard InChI is InChI=1S/C30H40N2O4/c1-29(2,3)35-27(33)15-17-31-19-25-21-11-7-9-13-23(21)26(24-14-10-8-12-22(24)25)20-32-18-16-28(34)36-30(4,5)6/h7-14,31-32H,15-20H2,1-6H3. The Morgan fingerprint density at radius 3 is 1.19 bits per heavy atom. The lowest BCUT2D eigenvalue weighted by molar-refractivity contribution is -0.155. The van der Waals surface area contributed by atoms with Crippen molar-refractivity contribution in [3.63, 3.8) is 0 Å². The summed E-state index contributed by atoms with van der Waals surface area (Å²) in [4.78, 5) is 24.2. The maximum atomic E-state index is 12.1. The number of carbonyl (C=O) groups is 2. The minimum Gasteiger partial charge on any atom is -0.460 e. The third-order valence-electron chi connectivity index (χ3n) is 5.61. The van der Waals surface area contributed by atoms with Crippen molar-refractivity contribution in [1.82, 2.24) is 10.6 Å². The maximum absolute atomic E-state index is 12.1. The van der Waals surface area contributed by atoms with Gasteiger partial charge in [-0.1, -0.05) is 48.5 Å². The summed E-state index contributed by atoms with van der Waals surface area (Å²) in [6.07, 6.45) is 0.652. The summed E-state index contributed by atoms with van der Waals surface area (Å²) in [5.41, 5.74) is 1.48. The van der Waals surface area contributed by atoms with E-state index in [4.69, 9.17) is 9.47 Å². The third-order valence-corrected chi connectivity index (χ3v) is 5.61. The fourth-order valence-corrected chi connectivity index (χ4v) is 4.28. The molecule has 0 aliphatic heterocycles. The van der Waals surface area contributed by atoms with Gasteiger partial charge in [-0.05, 0) is 74.2 Å². The number of benzene rings is 3. The zero-order valence-corrected chi connectivity index (χ0v) is 22.5. The average molecular weight is 493 g/mol. The van der Waals surface area contributed by atoms with Crippen LogP contribution in [0, 0.1) is 0 Å². The van der Waals surface area contributed by atoms with Crippen LogP contribution in [0.5, 0.6) is 0 Å². The average Bonchev–Trinajstić information content (AvgIpc) is 2.77. The molecule has 0 saturated heterocycles. The Bertz CT molecular complexity index is 1050. The number of fused-ring (bicyclic) bond motifs is 2. The first-order valence-electron chi connectivity index (χ1n) is 12.7. The normalized spacial score (nSPS) is 12.2. The molecule has 0 spiro atoms. The lowest BCUT2D eigenvalue weighted by Crippen LogP contribution is -2.27. The highest BCUT2D eigenvalue weighted by molar-refractivity contribution is 6.05. The molecule has 0 heterocycles. The summed E-state index contributed by atoms with van der Waals surface area (Å²) < 4.78 is 10.8. The highest BCUT2D eigenvalue weighted by atomic mass is 16.6. The van der Waals surface area contributed by atoms with Gasteiger partial charge in [0.05, 0.1) is 12.8 Å². The Labute approximate surface area is 214 Å². The molecule has 3 aromatic carbocycles. The molecule has 0 atom stereocenters. The lowest BCUT2D eigenvalue weighted by atomic mass is 9.91. The molecule has 0 aliphatic carbocycles. The van der Waals surface area contributed by atoms with Gasteiger partial charge in [0, 0.05) is 26.2 Å². The highest BCUT2D eigenvalue weighted by Gasteiger charge is 2.18. The third kappa shape index (κ3) is 8.04. The molecule has 0 aromatic heterocycles. The topological polar surface area (TPSA) is 76.7 Å². The molecule has 3 aromatic rings. The van der Waals surface area contributed by atoms with Crippen LogP contribution in [0.15, 0.2) is 48.5 Å².